The number of aliphatic hydroxyl groups is 1. The van der Waals surface area contributed by atoms with Gasteiger partial charge in [-0.15, -0.1) is 0 Å². The molecule has 104 valence electrons. The number of fused-ring (bicyclic) bond motifs is 2. The van der Waals surface area contributed by atoms with Crippen LogP contribution in [0, 0.1) is 0 Å². The fraction of sp³-hybridized carbons (Fsp3) is 0.625. The zero-order valence-corrected chi connectivity index (χ0v) is 11.5. The van der Waals surface area contributed by atoms with Crippen LogP contribution in [0.5, 0.6) is 0 Å². The highest BCUT2D eigenvalue weighted by Crippen LogP contribution is 2.43. The lowest BCUT2D eigenvalue weighted by molar-refractivity contribution is -0.0789. The zero-order valence-electron chi connectivity index (χ0n) is 11.5. The van der Waals surface area contributed by atoms with Gasteiger partial charge in [-0.05, 0) is 43.4 Å². The first kappa shape index (κ1) is 13.1. The molecule has 2 heterocycles. The number of unbranched alkanes of at least 4 members (excludes halogenated alkanes) is 1. The molecule has 1 aromatic carbocycles. The highest BCUT2D eigenvalue weighted by Gasteiger charge is 2.42. The van der Waals surface area contributed by atoms with Crippen molar-refractivity contribution < 1.29 is 9.84 Å². The Balaban J connectivity index is 1.61. The second-order valence-electron chi connectivity index (χ2n) is 5.71. The van der Waals surface area contributed by atoms with Crippen LogP contribution in [0.3, 0.4) is 0 Å². The Hall–Kier alpha value is -0.900. The van der Waals surface area contributed by atoms with E-state index in [1.807, 2.05) is 0 Å². The average Bonchev–Trinajstić information content (AvgIpc) is 2.81. The monoisotopic (exact) mass is 261 g/mol. The molecule has 0 aliphatic carbocycles. The van der Waals surface area contributed by atoms with Gasteiger partial charge in [-0.3, -0.25) is 0 Å². The average molecular weight is 261 g/mol. The molecule has 1 spiro atoms. The summed E-state index contributed by atoms with van der Waals surface area (Å²) >= 11 is 0. The lowest BCUT2D eigenvalue weighted by atomic mass is 9.84. The maximum Gasteiger partial charge on any atom is 0.0963 e. The molecule has 1 saturated heterocycles. The van der Waals surface area contributed by atoms with E-state index >= 15 is 0 Å². The second-order valence-corrected chi connectivity index (χ2v) is 5.71. The minimum Gasteiger partial charge on any atom is -0.396 e. The van der Waals surface area contributed by atoms with Crippen molar-refractivity contribution in [2.24, 2.45) is 0 Å². The topological polar surface area (TPSA) is 32.7 Å². The molecule has 3 rings (SSSR count). The van der Waals surface area contributed by atoms with Gasteiger partial charge in [0.05, 0.1) is 12.2 Å². The van der Waals surface area contributed by atoms with Crippen LogP contribution in [0.2, 0.25) is 0 Å². The van der Waals surface area contributed by atoms with E-state index in [0.717, 1.165) is 51.9 Å². The Morgan fingerprint density at radius 2 is 1.95 bits per heavy atom. The van der Waals surface area contributed by atoms with E-state index in [4.69, 9.17) is 9.84 Å². The van der Waals surface area contributed by atoms with Crippen molar-refractivity contribution in [1.82, 2.24) is 4.90 Å². The molecular formula is C16H23NO2. The quantitative estimate of drug-likeness (QED) is 0.844. The maximum atomic E-state index is 8.83. The minimum atomic E-state index is -0.00985. The van der Waals surface area contributed by atoms with E-state index in [1.165, 1.54) is 11.1 Å². The number of likely N-dealkylation sites (tertiary alicyclic amines) is 1. The highest BCUT2D eigenvalue weighted by atomic mass is 16.5. The van der Waals surface area contributed by atoms with Crippen LogP contribution in [-0.4, -0.2) is 36.2 Å². The van der Waals surface area contributed by atoms with Crippen LogP contribution in [0.25, 0.3) is 0 Å². The third-order valence-corrected chi connectivity index (χ3v) is 4.56. The fourth-order valence-corrected chi connectivity index (χ4v) is 3.38. The fourth-order valence-electron chi connectivity index (χ4n) is 3.38. The van der Waals surface area contributed by atoms with Crippen LogP contribution < -0.4 is 0 Å². The van der Waals surface area contributed by atoms with Crippen molar-refractivity contribution in [2.75, 3.05) is 26.2 Å². The number of aliphatic hydroxyl groups excluding tert-OH is 1. The molecule has 0 aromatic heterocycles. The Morgan fingerprint density at radius 1 is 1.16 bits per heavy atom. The molecule has 1 N–H and O–H groups in total. The third-order valence-electron chi connectivity index (χ3n) is 4.56. The Labute approximate surface area is 115 Å². The van der Waals surface area contributed by atoms with Crippen LogP contribution in [0.4, 0.5) is 0 Å². The van der Waals surface area contributed by atoms with Gasteiger partial charge in [0.15, 0.2) is 0 Å². The standard InChI is InChI=1S/C16H23NO2/c18-12-4-3-9-17-10-7-16(8-11-17)15-6-2-1-5-14(15)13-19-16/h1-2,5-6,18H,3-4,7-13H2. The van der Waals surface area contributed by atoms with Gasteiger partial charge in [-0.25, -0.2) is 0 Å². The molecule has 3 nitrogen and oxygen atoms in total. The number of benzene rings is 1. The molecule has 19 heavy (non-hydrogen) atoms. The third kappa shape index (κ3) is 2.55. The second kappa shape index (κ2) is 5.61. The summed E-state index contributed by atoms with van der Waals surface area (Å²) in [6.07, 6.45) is 4.22. The molecule has 3 heteroatoms. The molecule has 0 saturated carbocycles. The summed E-state index contributed by atoms with van der Waals surface area (Å²) in [4.78, 5) is 2.51. The first-order chi connectivity index (χ1) is 9.34. The first-order valence-corrected chi connectivity index (χ1v) is 7.40. The van der Waals surface area contributed by atoms with Crippen LogP contribution in [-0.2, 0) is 16.9 Å². The van der Waals surface area contributed by atoms with Crippen molar-refractivity contribution in [3.63, 3.8) is 0 Å². The maximum absolute atomic E-state index is 8.83. The van der Waals surface area contributed by atoms with E-state index in [-0.39, 0.29) is 5.60 Å². The van der Waals surface area contributed by atoms with Gasteiger partial charge in [0.1, 0.15) is 0 Å². The molecule has 2 aliphatic rings. The normalized spacial score (nSPS) is 21.7. The van der Waals surface area contributed by atoms with Gasteiger partial charge >= 0.3 is 0 Å². The number of nitrogens with zero attached hydrogens (tertiary/aromatic N) is 1. The van der Waals surface area contributed by atoms with Crippen LogP contribution in [0.1, 0.15) is 36.8 Å². The predicted molar refractivity (Wildman–Crippen MR) is 74.9 cm³/mol. The summed E-state index contributed by atoms with van der Waals surface area (Å²) in [5.41, 5.74) is 2.78. The van der Waals surface area contributed by atoms with Crippen molar-refractivity contribution >= 4 is 0 Å². The molecule has 0 unspecified atom stereocenters. The minimum absolute atomic E-state index is 0.00985. The van der Waals surface area contributed by atoms with Gasteiger partial charge in [0, 0.05) is 19.7 Å². The molecule has 2 aliphatic heterocycles. The number of piperidine rings is 1. The molecule has 0 radical (unpaired) electrons. The summed E-state index contributed by atoms with van der Waals surface area (Å²) in [7, 11) is 0. The highest BCUT2D eigenvalue weighted by molar-refractivity contribution is 5.35. The largest absolute Gasteiger partial charge is 0.396 e. The van der Waals surface area contributed by atoms with E-state index in [1.54, 1.807) is 0 Å². The zero-order chi connectivity index (χ0) is 13.1. The number of hydrogen-bond acceptors (Lipinski definition) is 3. The summed E-state index contributed by atoms with van der Waals surface area (Å²) in [5.74, 6) is 0. The van der Waals surface area contributed by atoms with Gasteiger partial charge in [0.2, 0.25) is 0 Å². The molecular weight excluding hydrogens is 238 g/mol. The van der Waals surface area contributed by atoms with Crippen LogP contribution in [0.15, 0.2) is 24.3 Å². The lowest BCUT2D eigenvalue weighted by Crippen LogP contribution is -2.42. The number of hydrogen-bond donors (Lipinski definition) is 1. The van der Waals surface area contributed by atoms with Gasteiger partial charge in [-0.1, -0.05) is 24.3 Å². The summed E-state index contributed by atoms with van der Waals surface area (Å²) in [6, 6.07) is 8.66. The lowest BCUT2D eigenvalue weighted by Gasteiger charge is -2.39. The Morgan fingerprint density at radius 3 is 2.74 bits per heavy atom. The van der Waals surface area contributed by atoms with Crippen LogP contribution >= 0.6 is 0 Å². The SMILES string of the molecule is OCCCCN1CCC2(CC1)OCc1ccccc12. The van der Waals surface area contributed by atoms with E-state index in [2.05, 4.69) is 29.2 Å². The Bertz CT molecular complexity index is 425. The molecule has 0 amide bonds. The smallest absolute Gasteiger partial charge is 0.0963 e. The Kier molecular flexibility index (Phi) is 3.87. The summed E-state index contributed by atoms with van der Waals surface area (Å²) in [6.45, 7) is 4.42. The molecule has 0 bridgehead atoms. The molecule has 0 atom stereocenters. The van der Waals surface area contributed by atoms with Gasteiger partial charge < -0.3 is 14.7 Å². The van der Waals surface area contributed by atoms with Crippen molar-refractivity contribution in [3.8, 4) is 0 Å². The summed E-state index contributed by atoms with van der Waals surface area (Å²) < 4.78 is 6.16. The first-order valence-electron chi connectivity index (χ1n) is 7.40. The van der Waals surface area contributed by atoms with Gasteiger partial charge in [0.25, 0.3) is 0 Å². The van der Waals surface area contributed by atoms with Gasteiger partial charge in [-0.2, -0.15) is 0 Å². The number of ether oxygens (including phenoxy) is 1. The van der Waals surface area contributed by atoms with E-state index < -0.39 is 0 Å². The predicted octanol–water partition coefficient (Wildman–Crippen LogP) is 2.28. The molecule has 1 aromatic rings. The van der Waals surface area contributed by atoms with E-state index in [9.17, 15) is 0 Å². The number of rotatable bonds is 4. The summed E-state index contributed by atoms with van der Waals surface area (Å²) in [5, 5.41) is 8.83. The van der Waals surface area contributed by atoms with Crippen molar-refractivity contribution in [1.29, 1.82) is 0 Å². The van der Waals surface area contributed by atoms with Crippen molar-refractivity contribution in [2.45, 2.75) is 37.9 Å². The molecule has 1 fully saturated rings. The van der Waals surface area contributed by atoms with Crippen molar-refractivity contribution in [3.05, 3.63) is 35.4 Å². The van der Waals surface area contributed by atoms with E-state index in [0.29, 0.717) is 6.61 Å².